The van der Waals surface area contributed by atoms with Crippen LogP contribution in [-0.4, -0.2) is 25.1 Å². The number of anilines is 3. The van der Waals surface area contributed by atoms with Crippen LogP contribution in [0, 0.1) is 13.8 Å². The van der Waals surface area contributed by atoms with Gasteiger partial charge in [0.2, 0.25) is 0 Å². The highest BCUT2D eigenvalue weighted by atomic mass is 16.5. The quantitative estimate of drug-likeness (QED) is 0.651. The van der Waals surface area contributed by atoms with Crippen LogP contribution in [-0.2, 0) is 0 Å². The molecule has 0 saturated heterocycles. The number of aryl methyl sites for hydroxylation is 2. The Morgan fingerprint density at radius 1 is 0.893 bits per heavy atom. The van der Waals surface area contributed by atoms with Gasteiger partial charge in [-0.25, -0.2) is 0 Å². The number of hydrogen-bond acceptors (Lipinski definition) is 5. The van der Waals surface area contributed by atoms with E-state index in [0.29, 0.717) is 22.7 Å². The summed E-state index contributed by atoms with van der Waals surface area (Å²) < 4.78 is 10.5. The maximum atomic E-state index is 12.6. The Balaban J connectivity index is 1.77. The van der Waals surface area contributed by atoms with Crippen LogP contribution in [0.1, 0.15) is 21.5 Å². The highest BCUT2D eigenvalue weighted by Crippen LogP contribution is 2.30. The summed E-state index contributed by atoms with van der Waals surface area (Å²) in [6.45, 7) is 4.09. The van der Waals surface area contributed by atoms with Crippen molar-refractivity contribution in [2.45, 2.75) is 13.8 Å². The highest BCUT2D eigenvalue weighted by Gasteiger charge is 2.11. The van der Waals surface area contributed by atoms with E-state index < -0.39 is 0 Å². The Labute approximate surface area is 164 Å². The Morgan fingerprint density at radius 3 is 2.39 bits per heavy atom. The summed E-state index contributed by atoms with van der Waals surface area (Å²) in [6, 6.07) is 13.1. The maximum Gasteiger partial charge on any atom is 0.257 e. The lowest BCUT2D eigenvalue weighted by molar-refractivity contribution is 0.102. The summed E-state index contributed by atoms with van der Waals surface area (Å²) in [5.41, 5.74) is 5.10. The molecule has 3 aromatic rings. The van der Waals surface area contributed by atoms with Crippen LogP contribution in [0.4, 0.5) is 17.1 Å². The third-order valence-electron chi connectivity index (χ3n) is 4.30. The molecule has 0 bridgehead atoms. The number of ether oxygens (including phenoxy) is 2. The zero-order chi connectivity index (χ0) is 20.1. The lowest BCUT2D eigenvalue weighted by atomic mass is 10.1. The zero-order valence-electron chi connectivity index (χ0n) is 16.4. The third kappa shape index (κ3) is 4.40. The molecule has 0 radical (unpaired) electrons. The van der Waals surface area contributed by atoms with E-state index in [4.69, 9.17) is 9.47 Å². The molecule has 0 fully saturated rings. The van der Waals surface area contributed by atoms with Crippen molar-refractivity contribution in [3.63, 3.8) is 0 Å². The van der Waals surface area contributed by atoms with Crippen LogP contribution in [0.3, 0.4) is 0 Å². The van der Waals surface area contributed by atoms with Gasteiger partial charge in [0.25, 0.3) is 5.91 Å². The topological polar surface area (TPSA) is 72.5 Å². The van der Waals surface area contributed by atoms with Crippen molar-refractivity contribution in [3.05, 3.63) is 71.5 Å². The van der Waals surface area contributed by atoms with Crippen LogP contribution >= 0.6 is 0 Å². The lowest BCUT2D eigenvalue weighted by Gasteiger charge is -2.12. The van der Waals surface area contributed by atoms with E-state index in [1.807, 2.05) is 19.1 Å². The number of benzene rings is 2. The normalized spacial score (nSPS) is 10.3. The minimum Gasteiger partial charge on any atom is -0.493 e. The summed E-state index contributed by atoms with van der Waals surface area (Å²) in [6.07, 6.45) is 3.22. The smallest absolute Gasteiger partial charge is 0.257 e. The monoisotopic (exact) mass is 377 g/mol. The number of carbonyl (C=O) groups excluding carboxylic acids is 1. The van der Waals surface area contributed by atoms with Crippen LogP contribution in [0.15, 0.2) is 54.9 Å². The number of aromatic nitrogens is 1. The first-order valence-corrected chi connectivity index (χ1v) is 8.83. The number of hydrogen-bond donors (Lipinski definition) is 2. The SMILES string of the molecule is COc1ccc(NC(=O)c2cncc(Nc3ccc(C)cc3C)c2)cc1OC. The number of nitrogens with zero attached hydrogens (tertiary/aromatic N) is 1. The van der Waals surface area contributed by atoms with E-state index >= 15 is 0 Å². The minimum absolute atomic E-state index is 0.260. The van der Waals surface area contributed by atoms with Crippen LogP contribution in [0.25, 0.3) is 0 Å². The van der Waals surface area contributed by atoms with Crippen LogP contribution in [0.2, 0.25) is 0 Å². The van der Waals surface area contributed by atoms with E-state index in [0.717, 1.165) is 16.9 Å². The molecule has 1 amide bonds. The van der Waals surface area contributed by atoms with E-state index in [9.17, 15) is 4.79 Å². The molecule has 2 N–H and O–H groups in total. The lowest BCUT2D eigenvalue weighted by Crippen LogP contribution is -2.12. The fourth-order valence-corrected chi connectivity index (χ4v) is 2.86. The van der Waals surface area contributed by atoms with Crippen LogP contribution < -0.4 is 20.1 Å². The Bertz CT molecular complexity index is 1000. The molecule has 0 atom stereocenters. The van der Waals surface area contributed by atoms with Crippen molar-refractivity contribution in [2.75, 3.05) is 24.9 Å². The second-order valence-corrected chi connectivity index (χ2v) is 6.43. The van der Waals surface area contributed by atoms with E-state index in [1.54, 1.807) is 44.7 Å². The third-order valence-corrected chi connectivity index (χ3v) is 4.30. The molecule has 0 spiro atoms. The van der Waals surface area contributed by atoms with E-state index in [1.165, 1.54) is 11.8 Å². The summed E-state index contributed by atoms with van der Waals surface area (Å²) in [5, 5.41) is 6.16. The van der Waals surface area contributed by atoms with Crippen molar-refractivity contribution in [1.82, 2.24) is 4.98 Å². The van der Waals surface area contributed by atoms with Gasteiger partial charge in [-0.2, -0.15) is 0 Å². The first-order valence-electron chi connectivity index (χ1n) is 8.83. The predicted molar refractivity (Wildman–Crippen MR) is 111 cm³/mol. The van der Waals surface area contributed by atoms with Gasteiger partial charge >= 0.3 is 0 Å². The molecule has 0 unspecified atom stereocenters. The molecular weight excluding hydrogens is 354 g/mol. The molecule has 3 rings (SSSR count). The largest absolute Gasteiger partial charge is 0.493 e. The second-order valence-electron chi connectivity index (χ2n) is 6.43. The number of carbonyl (C=O) groups is 1. The van der Waals surface area contributed by atoms with Crippen molar-refractivity contribution in [3.8, 4) is 11.5 Å². The molecule has 0 aliphatic carbocycles. The molecule has 144 valence electrons. The number of rotatable bonds is 6. The highest BCUT2D eigenvalue weighted by molar-refractivity contribution is 6.04. The van der Waals surface area contributed by atoms with Gasteiger partial charge in [0.1, 0.15) is 0 Å². The zero-order valence-corrected chi connectivity index (χ0v) is 16.4. The molecule has 2 aromatic carbocycles. The first kappa shape index (κ1) is 19.2. The minimum atomic E-state index is -0.260. The van der Waals surface area contributed by atoms with Crippen molar-refractivity contribution in [2.24, 2.45) is 0 Å². The maximum absolute atomic E-state index is 12.6. The van der Waals surface area contributed by atoms with Gasteiger partial charge in [0.15, 0.2) is 11.5 Å². The average molecular weight is 377 g/mol. The predicted octanol–water partition coefficient (Wildman–Crippen LogP) is 4.71. The van der Waals surface area contributed by atoms with Gasteiger partial charge in [-0.1, -0.05) is 17.7 Å². The molecule has 0 aliphatic rings. The van der Waals surface area contributed by atoms with Crippen molar-refractivity contribution >= 4 is 23.0 Å². The van der Waals surface area contributed by atoms with Gasteiger partial charge < -0.3 is 20.1 Å². The molecule has 0 saturated carbocycles. The molecule has 6 heteroatoms. The number of amides is 1. The molecule has 1 heterocycles. The molecular formula is C22H23N3O3. The summed E-state index contributed by atoms with van der Waals surface area (Å²) in [4.78, 5) is 16.8. The molecule has 28 heavy (non-hydrogen) atoms. The Kier molecular flexibility index (Phi) is 5.79. The van der Waals surface area contributed by atoms with Gasteiger partial charge in [-0.05, 0) is 43.7 Å². The Hall–Kier alpha value is -3.54. The fraction of sp³-hybridized carbons (Fsp3) is 0.182. The molecule has 6 nitrogen and oxygen atoms in total. The number of methoxy groups -OCH3 is 2. The number of nitrogens with one attached hydrogen (secondary N) is 2. The summed E-state index contributed by atoms with van der Waals surface area (Å²) in [7, 11) is 3.12. The van der Waals surface area contributed by atoms with Gasteiger partial charge in [0.05, 0.1) is 31.7 Å². The van der Waals surface area contributed by atoms with Crippen molar-refractivity contribution < 1.29 is 14.3 Å². The first-order chi connectivity index (χ1) is 13.5. The van der Waals surface area contributed by atoms with E-state index in [2.05, 4.69) is 28.6 Å². The van der Waals surface area contributed by atoms with Crippen molar-refractivity contribution in [1.29, 1.82) is 0 Å². The Morgan fingerprint density at radius 2 is 1.68 bits per heavy atom. The van der Waals surface area contributed by atoms with Gasteiger partial charge in [-0.3, -0.25) is 9.78 Å². The summed E-state index contributed by atoms with van der Waals surface area (Å²) in [5.74, 6) is 0.884. The molecule has 0 aliphatic heterocycles. The second kappa shape index (κ2) is 8.43. The van der Waals surface area contributed by atoms with Gasteiger partial charge in [0, 0.05) is 23.6 Å². The van der Waals surface area contributed by atoms with Gasteiger partial charge in [-0.15, -0.1) is 0 Å². The fourth-order valence-electron chi connectivity index (χ4n) is 2.86. The average Bonchev–Trinajstić information content (AvgIpc) is 2.70. The summed E-state index contributed by atoms with van der Waals surface area (Å²) >= 11 is 0. The molecule has 1 aromatic heterocycles. The van der Waals surface area contributed by atoms with Crippen LogP contribution in [0.5, 0.6) is 11.5 Å². The standard InChI is InChI=1S/C22H23N3O3/c1-14-5-7-19(15(2)9-14)24-18-10-16(12-23-13-18)22(26)25-17-6-8-20(27-3)21(11-17)28-4/h5-13,24H,1-4H3,(H,25,26). The van der Waals surface area contributed by atoms with E-state index in [-0.39, 0.29) is 5.91 Å². The number of pyridine rings is 1.